The number of benzene rings is 4. The highest BCUT2D eigenvalue weighted by atomic mass is 16.5. The molecule has 0 saturated carbocycles. The van der Waals surface area contributed by atoms with Gasteiger partial charge in [0.1, 0.15) is 6.10 Å². The van der Waals surface area contributed by atoms with E-state index in [2.05, 4.69) is 72.8 Å². The van der Waals surface area contributed by atoms with Gasteiger partial charge in [-0.05, 0) is 60.7 Å². The van der Waals surface area contributed by atoms with Crippen LogP contribution in [0, 0.1) is 0 Å². The first-order valence-corrected chi connectivity index (χ1v) is 14.2. The molecule has 0 aliphatic rings. The molecule has 0 bridgehead atoms. The summed E-state index contributed by atoms with van der Waals surface area (Å²) in [5.41, 5.74) is 17.5. The third-order valence-electron chi connectivity index (χ3n) is 7.38. The fourth-order valence-electron chi connectivity index (χ4n) is 4.80. The molecule has 0 atom stereocenters. The lowest BCUT2D eigenvalue weighted by atomic mass is 9.54. The lowest BCUT2D eigenvalue weighted by molar-refractivity contribution is 0.123. The zero-order valence-electron chi connectivity index (χ0n) is 24.9. The van der Waals surface area contributed by atoms with Crippen molar-refractivity contribution in [1.82, 2.24) is 0 Å². The van der Waals surface area contributed by atoms with Gasteiger partial charge in [0.2, 0.25) is 0 Å². The maximum Gasteiger partial charge on any atom is 0.362 e. The van der Waals surface area contributed by atoms with Crippen LogP contribution in [0.5, 0.6) is 0 Å². The van der Waals surface area contributed by atoms with Crippen LogP contribution in [0.2, 0.25) is 0 Å². The van der Waals surface area contributed by atoms with Crippen LogP contribution in [0.15, 0.2) is 109 Å². The summed E-state index contributed by atoms with van der Waals surface area (Å²) >= 11 is 0. The van der Waals surface area contributed by atoms with Crippen LogP contribution < -0.4 is 33.3 Å². The highest BCUT2D eigenvalue weighted by Crippen LogP contribution is 2.25. The molecule has 4 N–H and O–H groups in total. The third-order valence-corrected chi connectivity index (χ3v) is 7.38. The molecule has 0 saturated heterocycles. The van der Waals surface area contributed by atoms with Crippen LogP contribution in [0.4, 0.5) is 0 Å². The smallest absolute Gasteiger partial charge is 0.362 e. The first kappa shape index (κ1) is 30.8. The Morgan fingerprint density at radius 2 is 0.854 bits per heavy atom. The van der Waals surface area contributed by atoms with Crippen LogP contribution in [0.3, 0.4) is 0 Å². The third kappa shape index (κ3) is 7.97. The second-order valence-electron chi connectivity index (χ2n) is 11.7. The summed E-state index contributed by atoms with van der Waals surface area (Å²) in [6.07, 6.45) is -0.216. The van der Waals surface area contributed by atoms with Gasteiger partial charge in [0, 0.05) is 20.2 Å². The second kappa shape index (κ2) is 13.6. The predicted octanol–water partition coefficient (Wildman–Crippen LogP) is 3.14. The Balaban J connectivity index is 1.60. The van der Waals surface area contributed by atoms with Crippen molar-refractivity contribution in [2.45, 2.75) is 45.0 Å². The predicted molar refractivity (Wildman–Crippen MR) is 173 cm³/mol. The number of ether oxygens (including phenoxy) is 1. The number of hydrogen-bond donors (Lipinski definition) is 2. The molecule has 0 spiro atoms. The average Bonchev–Trinajstić information content (AvgIpc) is 3.01. The first-order chi connectivity index (χ1) is 19.7. The van der Waals surface area contributed by atoms with Gasteiger partial charge in [0.05, 0.1) is 11.2 Å². The lowest BCUT2D eigenvalue weighted by Crippen LogP contribution is -2.52. The Labute approximate surface area is 246 Å². The van der Waals surface area contributed by atoms with Crippen molar-refractivity contribution in [1.29, 1.82) is 0 Å². The van der Waals surface area contributed by atoms with Crippen molar-refractivity contribution in [3.63, 3.8) is 0 Å². The SMILES string of the molecule is COC(c1ccc(B(OC(C)(C)CN)c2ccccc2)cc1)c1ccc(B(OC(C)(C)CN)c2ccccc2)cc1. The van der Waals surface area contributed by atoms with Crippen LogP contribution in [-0.4, -0.2) is 45.2 Å². The number of methoxy groups -OCH3 is 1. The van der Waals surface area contributed by atoms with Gasteiger partial charge >= 0.3 is 13.8 Å². The van der Waals surface area contributed by atoms with E-state index in [4.69, 9.17) is 25.5 Å². The van der Waals surface area contributed by atoms with E-state index < -0.39 is 11.2 Å². The van der Waals surface area contributed by atoms with Crippen molar-refractivity contribution >= 4 is 35.7 Å². The van der Waals surface area contributed by atoms with Crippen molar-refractivity contribution in [2.75, 3.05) is 20.2 Å². The van der Waals surface area contributed by atoms with Gasteiger partial charge in [-0.15, -0.1) is 0 Å². The van der Waals surface area contributed by atoms with Gasteiger partial charge in [0.15, 0.2) is 0 Å². The molecule has 0 heterocycles. The molecule has 41 heavy (non-hydrogen) atoms. The molecule has 0 aliphatic heterocycles. The monoisotopic (exact) mass is 548 g/mol. The first-order valence-electron chi connectivity index (χ1n) is 14.2. The van der Waals surface area contributed by atoms with E-state index >= 15 is 0 Å². The Bertz CT molecular complexity index is 1240. The average molecular weight is 548 g/mol. The zero-order chi connectivity index (χ0) is 29.5. The van der Waals surface area contributed by atoms with Crippen LogP contribution in [0.25, 0.3) is 0 Å². The molecule has 0 radical (unpaired) electrons. The molecule has 0 aromatic heterocycles. The Morgan fingerprint density at radius 1 is 0.537 bits per heavy atom. The molecule has 0 amide bonds. The summed E-state index contributed by atoms with van der Waals surface area (Å²) in [6.45, 7) is 8.48. The summed E-state index contributed by atoms with van der Waals surface area (Å²) in [6, 6.07) is 37.5. The van der Waals surface area contributed by atoms with Crippen LogP contribution >= 0.6 is 0 Å². The molecule has 4 aromatic carbocycles. The Kier molecular flexibility index (Phi) is 10.2. The van der Waals surface area contributed by atoms with Gasteiger partial charge in [-0.1, -0.05) is 109 Å². The van der Waals surface area contributed by atoms with E-state index in [-0.39, 0.29) is 19.9 Å². The molecular formula is C34H42B2N2O3. The zero-order valence-corrected chi connectivity index (χ0v) is 24.9. The molecule has 7 heteroatoms. The summed E-state index contributed by atoms with van der Waals surface area (Å²) in [7, 11) is 1.74. The molecule has 4 aromatic rings. The normalized spacial score (nSPS) is 12.0. The Hall–Kier alpha value is -3.19. The standard InChI is InChI=1S/C34H42B2N2O3/c1-33(2,24-37)40-35(28-12-8-6-9-13-28)30-20-16-26(17-21-30)32(39-5)27-18-22-31(23-19-27)36(41-34(3,4)25-38)29-14-10-7-11-15-29/h6-23,32H,24-25,37-38H2,1-5H3. The van der Waals surface area contributed by atoms with E-state index in [0.29, 0.717) is 13.1 Å². The maximum absolute atomic E-state index is 6.51. The van der Waals surface area contributed by atoms with E-state index in [1.54, 1.807) is 7.11 Å². The number of hydrogen-bond acceptors (Lipinski definition) is 5. The highest BCUT2D eigenvalue weighted by Gasteiger charge is 2.30. The summed E-state index contributed by atoms with van der Waals surface area (Å²) in [5.74, 6) is 0. The van der Waals surface area contributed by atoms with Gasteiger partial charge in [-0.2, -0.15) is 0 Å². The van der Waals surface area contributed by atoms with Gasteiger partial charge in [0.25, 0.3) is 0 Å². The van der Waals surface area contributed by atoms with E-state index in [1.165, 1.54) is 0 Å². The summed E-state index contributed by atoms with van der Waals surface area (Å²) < 4.78 is 19.0. The van der Waals surface area contributed by atoms with E-state index in [9.17, 15) is 0 Å². The van der Waals surface area contributed by atoms with Crippen molar-refractivity contribution in [3.8, 4) is 0 Å². The second-order valence-corrected chi connectivity index (χ2v) is 11.7. The lowest BCUT2D eigenvalue weighted by Gasteiger charge is -2.29. The molecule has 0 unspecified atom stereocenters. The quantitative estimate of drug-likeness (QED) is 0.251. The fourth-order valence-corrected chi connectivity index (χ4v) is 4.80. The molecule has 4 rings (SSSR count). The molecule has 0 fully saturated rings. The summed E-state index contributed by atoms with van der Waals surface area (Å²) in [5, 5.41) is 0. The van der Waals surface area contributed by atoms with E-state index in [0.717, 1.165) is 33.0 Å². The molecule has 212 valence electrons. The van der Waals surface area contributed by atoms with Crippen molar-refractivity contribution in [3.05, 3.63) is 120 Å². The highest BCUT2D eigenvalue weighted by molar-refractivity contribution is 6.80. The van der Waals surface area contributed by atoms with Crippen LogP contribution in [-0.2, 0) is 14.0 Å². The topological polar surface area (TPSA) is 79.7 Å². The minimum atomic E-state index is -0.462. The van der Waals surface area contributed by atoms with E-state index in [1.807, 2.05) is 64.1 Å². The number of rotatable bonds is 13. The maximum atomic E-state index is 6.51. The van der Waals surface area contributed by atoms with Gasteiger partial charge < -0.3 is 25.5 Å². The van der Waals surface area contributed by atoms with Gasteiger partial charge in [-0.3, -0.25) is 0 Å². The minimum absolute atomic E-state index is 0.216. The Morgan fingerprint density at radius 3 is 1.15 bits per heavy atom. The number of nitrogens with two attached hydrogens (primary N) is 2. The molecule has 0 aliphatic carbocycles. The minimum Gasteiger partial charge on any atom is -0.421 e. The molecule has 5 nitrogen and oxygen atoms in total. The van der Waals surface area contributed by atoms with Crippen molar-refractivity contribution < 1.29 is 14.0 Å². The molecular weight excluding hydrogens is 506 g/mol. The van der Waals surface area contributed by atoms with Crippen molar-refractivity contribution in [2.24, 2.45) is 11.5 Å². The van der Waals surface area contributed by atoms with Crippen LogP contribution in [0.1, 0.15) is 44.9 Å². The van der Waals surface area contributed by atoms with Gasteiger partial charge in [-0.25, -0.2) is 0 Å². The summed E-state index contributed by atoms with van der Waals surface area (Å²) in [4.78, 5) is 0. The fraction of sp³-hybridized carbons (Fsp3) is 0.294. The largest absolute Gasteiger partial charge is 0.421 e.